The third-order valence-electron chi connectivity index (χ3n) is 11.1. The highest BCUT2D eigenvalue weighted by Gasteiger charge is 2.36. The van der Waals surface area contributed by atoms with Gasteiger partial charge >= 0.3 is 0 Å². The molecule has 0 radical (unpaired) electrons. The minimum absolute atomic E-state index is 0.0763. The van der Waals surface area contributed by atoms with E-state index in [9.17, 15) is 0 Å². The van der Waals surface area contributed by atoms with Crippen LogP contribution < -0.4 is 0 Å². The van der Waals surface area contributed by atoms with Crippen LogP contribution in [-0.2, 0) is 5.41 Å². The van der Waals surface area contributed by atoms with Gasteiger partial charge in [0.15, 0.2) is 11.4 Å². The fraction of sp³-hybridized carbons (Fsp3) is 0.0612. The van der Waals surface area contributed by atoms with E-state index in [0.29, 0.717) is 11.4 Å². The Morgan fingerprint density at radius 1 is 0.453 bits per heavy atom. The number of aromatic nitrogens is 2. The Kier molecular flexibility index (Phi) is 6.27. The van der Waals surface area contributed by atoms with Gasteiger partial charge in [-0.1, -0.05) is 141 Å². The molecule has 0 atom stereocenters. The van der Waals surface area contributed by atoms with Crippen molar-refractivity contribution in [3.05, 3.63) is 169 Å². The maximum absolute atomic E-state index is 6.56. The molecule has 0 saturated carbocycles. The summed E-state index contributed by atoms with van der Waals surface area (Å²) < 4.78 is 13.1. The standard InChI is InChI=1S/C49H32N2O2/c1-49(2)38-20-10-9-17-34(38)43-33(18-11-21-39(43)49)32-24-26-40-36(28-32)44-35(19-12-22-42(44)52-40)48-50-45(30-15-7-4-8-16-30)47-46(51-48)37-27-31(23-25-41(37)53-47)29-13-5-3-6-14-29/h3-28H,1-2H3. The number of benzene rings is 7. The fourth-order valence-electron chi connectivity index (χ4n) is 8.54. The Morgan fingerprint density at radius 3 is 1.92 bits per heavy atom. The van der Waals surface area contributed by atoms with Gasteiger partial charge in [-0.15, -0.1) is 0 Å². The molecule has 53 heavy (non-hydrogen) atoms. The summed E-state index contributed by atoms with van der Waals surface area (Å²) in [4.78, 5) is 10.6. The molecule has 3 aromatic heterocycles. The molecule has 0 aliphatic heterocycles. The molecular weight excluding hydrogens is 649 g/mol. The Labute approximate surface area is 306 Å². The fourth-order valence-corrected chi connectivity index (χ4v) is 8.54. The molecular formula is C49H32N2O2. The maximum atomic E-state index is 6.56. The predicted molar refractivity (Wildman–Crippen MR) is 216 cm³/mol. The molecule has 4 nitrogen and oxygen atoms in total. The van der Waals surface area contributed by atoms with Gasteiger partial charge in [-0.25, -0.2) is 9.97 Å². The number of hydrogen-bond acceptors (Lipinski definition) is 4. The van der Waals surface area contributed by atoms with Crippen molar-refractivity contribution in [1.29, 1.82) is 0 Å². The van der Waals surface area contributed by atoms with Crippen molar-refractivity contribution in [2.45, 2.75) is 19.3 Å². The number of hydrogen-bond donors (Lipinski definition) is 0. The second kappa shape index (κ2) is 11.1. The largest absolute Gasteiger partial charge is 0.456 e. The average molecular weight is 681 g/mol. The molecule has 250 valence electrons. The Hall–Kier alpha value is -6.78. The van der Waals surface area contributed by atoms with E-state index in [1.807, 2.05) is 42.5 Å². The van der Waals surface area contributed by atoms with Gasteiger partial charge in [0.2, 0.25) is 0 Å². The lowest BCUT2D eigenvalue weighted by Gasteiger charge is -2.21. The smallest absolute Gasteiger partial charge is 0.180 e. The highest BCUT2D eigenvalue weighted by atomic mass is 16.3. The molecule has 3 heterocycles. The van der Waals surface area contributed by atoms with Crippen LogP contribution in [0.4, 0.5) is 0 Å². The van der Waals surface area contributed by atoms with Crippen LogP contribution in [0.25, 0.3) is 100 Å². The molecule has 0 amide bonds. The van der Waals surface area contributed by atoms with Gasteiger partial charge in [-0.3, -0.25) is 0 Å². The summed E-state index contributed by atoms with van der Waals surface area (Å²) in [6.45, 7) is 4.65. The average Bonchev–Trinajstić information content (AvgIpc) is 3.85. The molecule has 4 heteroatoms. The molecule has 1 aliphatic carbocycles. The Morgan fingerprint density at radius 2 is 1.09 bits per heavy atom. The summed E-state index contributed by atoms with van der Waals surface area (Å²) in [5, 5.41) is 2.98. The van der Waals surface area contributed by atoms with Crippen LogP contribution in [-0.4, -0.2) is 9.97 Å². The SMILES string of the molecule is CC1(C)c2ccccc2-c2c(-c3ccc4oc5cccc(-c6nc(-c7ccccc7)c7oc8ccc(-c9ccccc9)cc8c7n6)c5c4c3)cccc21. The van der Waals surface area contributed by atoms with Crippen LogP contribution in [0, 0.1) is 0 Å². The molecule has 0 saturated heterocycles. The summed E-state index contributed by atoms with van der Waals surface area (Å²) in [7, 11) is 0. The zero-order valence-electron chi connectivity index (χ0n) is 29.2. The van der Waals surface area contributed by atoms with E-state index in [1.54, 1.807) is 0 Å². The van der Waals surface area contributed by atoms with Gasteiger partial charge < -0.3 is 8.83 Å². The summed E-state index contributed by atoms with van der Waals surface area (Å²) in [5.74, 6) is 0.624. The lowest BCUT2D eigenvalue weighted by molar-refractivity contribution is 0.660. The van der Waals surface area contributed by atoms with E-state index < -0.39 is 0 Å². The van der Waals surface area contributed by atoms with E-state index in [0.717, 1.165) is 71.9 Å². The molecule has 0 spiro atoms. The molecule has 0 unspecified atom stereocenters. The first-order chi connectivity index (χ1) is 26.0. The van der Waals surface area contributed by atoms with Gasteiger partial charge in [0, 0.05) is 32.7 Å². The van der Waals surface area contributed by atoms with E-state index in [2.05, 4.69) is 129 Å². The zero-order valence-corrected chi connectivity index (χ0v) is 29.2. The van der Waals surface area contributed by atoms with Gasteiger partial charge in [0.1, 0.15) is 28.0 Å². The quantitative estimate of drug-likeness (QED) is 0.186. The van der Waals surface area contributed by atoms with Crippen LogP contribution in [0.2, 0.25) is 0 Å². The van der Waals surface area contributed by atoms with Crippen molar-refractivity contribution in [1.82, 2.24) is 9.97 Å². The third-order valence-corrected chi connectivity index (χ3v) is 11.1. The summed E-state index contributed by atoms with van der Waals surface area (Å²) in [5.41, 5.74) is 16.4. The predicted octanol–water partition coefficient (Wildman–Crippen LogP) is 13.2. The molecule has 7 aromatic carbocycles. The van der Waals surface area contributed by atoms with Crippen molar-refractivity contribution in [2.75, 3.05) is 0 Å². The summed E-state index contributed by atoms with van der Waals surface area (Å²) >= 11 is 0. The van der Waals surface area contributed by atoms with E-state index in [1.165, 1.54) is 27.8 Å². The minimum atomic E-state index is -0.0763. The number of fused-ring (bicyclic) bond motifs is 9. The van der Waals surface area contributed by atoms with Gasteiger partial charge in [-0.05, 0) is 74.8 Å². The zero-order chi connectivity index (χ0) is 35.3. The highest BCUT2D eigenvalue weighted by Crippen LogP contribution is 2.52. The van der Waals surface area contributed by atoms with Crippen molar-refractivity contribution >= 4 is 44.0 Å². The number of nitrogens with zero attached hydrogens (tertiary/aromatic N) is 2. The van der Waals surface area contributed by atoms with Crippen LogP contribution in [0.15, 0.2) is 167 Å². The van der Waals surface area contributed by atoms with Crippen LogP contribution in [0.1, 0.15) is 25.0 Å². The first kappa shape index (κ1) is 29.9. The maximum Gasteiger partial charge on any atom is 0.180 e. The Balaban J connectivity index is 1.16. The lowest BCUT2D eigenvalue weighted by Crippen LogP contribution is -2.14. The second-order valence-electron chi connectivity index (χ2n) is 14.5. The normalized spacial score (nSPS) is 13.2. The highest BCUT2D eigenvalue weighted by molar-refractivity contribution is 6.14. The molecule has 11 rings (SSSR count). The second-order valence-corrected chi connectivity index (χ2v) is 14.5. The number of rotatable bonds is 4. The molecule has 0 N–H and O–H groups in total. The molecule has 0 fully saturated rings. The minimum Gasteiger partial charge on any atom is -0.456 e. The lowest BCUT2D eigenvalue weighted by atomic mass is 9.82. The first-order valence-electron chi connectivity index (χ1n) is 18.1. The Bertz CT molecular complexity index is 3080. The monoisotopic (exact) mass is 680 g/mol. The first-order valence-corrected chi connectivity index (χ1v) is 18.1. The van der Waals surface area contributed by atoms with Gasteiger partial charge in [0.25, 0.3) is 0 Å². The van der Waals surface area contributed by atoms with Crippen LogP contribution >= 0.6 is 0 Å². The molecule has 0 bridgehead atoms. The topological polar surface area (TPSA) is 52.1 Å². The third kappa shape index (κ3) is 4.42. The summed E-state index contributed by atoms with van der Waals surface area (Å²) in [6, 6.07) is 55.3. The van der Waals surface area contributed by atoms with Gasteiger partial charge in [-0.2, -0.15) is 0 Å². The van der Waals surface area contributed by atoms with Crippen molar-refractivity contribution in [3.8, 4) is 56.0 Å². The van der Waals surface area contributed by atoms with Crippen LogP contribution in [0.5, 0.6) is 0 Å². The van der Waals surface area contributed by atoms with E-state index in [-0.39, 0.29) is 5.41 Å². The van der Waals surface area contributed by atoms with E-state index >= 15 is 0 Å². The van der Waals surface area contributed by atoms with Gasteiger partial charge in [0.05, 0.1) is 0 Å². The molecule has 10 aromatic rings. The number of furan rings is 2. The van der Waals surface area contributed by atoms with E-state index in [4.69, 9.17) is 18.8 Å². The molecule has 1 aliphatic rings. The van der Waals surface area contributed by atoms with Crippen molar-refractivity contribution < 1.29 is 8.83 Å². The van der Waals surface area contributed by atoms with Crippen molar-refractivity contribution in [2.24, 2.45) is 0 Å². The summed E-state index contributed by atoms with van der Waals surface area (Å²) in [6.07, 6.45) is 0. The van der Waals surface area contributed by atoms with Crippen molar-refractivity contribution in [3.63, 3.8) is 0 Å². The van der Waals surface area contributed by atoms with Crippen LogP contribution in [0.3, 0.4) is 0 Å².